The van der Waals surface area contributed by atoms with Crippen molar-refractivity contribution in [2.75, 3.05) is 5.32 Å². The number of nitrogens with one attached hydrogen (secondary N) is 1. The highest BCUT2D eigenvalue weighted by Gasteiger charge is 2.21. The largest absolute Gasteiger partial charge is 0.467 e. The molecule has 3 aromatic rings. The van der Waals surface area contributed by atoms with Crippen LogP contribution < -0.4 is 11.1 Å². The molecule has 0 spiro atoms. The Morgan fingerprint density at radius 1 is 1.33 bits per heavy atom. The molecule has 0 saturated heterocycles. The predicted molar refractivity (Wildman–Crippen MR) is 115 cm³/mol. The van der Waals surface area contributed by atoms with Crippen molar-refractivity contribution in [1.82, 2.24) is 14.8 Å². The number of nitrogens with zero attached hydrogens (tertiary/aromatic N) is 3. The number of anilines is 1. The molecular weight excluding hydrogens is 426 g/mol. The van der Waals surface area contributed by atoms with Crippen molar-refractivity contribution in [3.8, 4) is 0 Å². The third-order valence-corrected chi connectivity index (χ3v) is 5.71. The van der Waals surface area contributed by atoms with Crippen LogP contribution >= 0.6 is 23.4 Å². The minimum atomic E-state index is -0.452. The Kier molecular flexibility index (Phi) is 7.17. The Labute approximate surface area is 183 Å². The quantitative estimate of drug-likeness (QED) is 0.485. The van der Waals surface area contributed by atoms with Gasteiger partial charge in [0.05, 0.1) is 18.1 Å². The van der Waals surface area contributed by atoms with Gasteiger partial charge in [-0.1, -0.05) is 29.4 Å². The van der Waals surface area contributed by atoms with Gasteiger partial charge in [0.25, 0.3) is 0 Å². The molecule has 0 aliphatic heterocycles. The van der Waals surface area contributed by atoms with E-state index < -0.39 is 11.2 Å². The van der Waals surface area contributed by atoms with E-state index in [0.717, 1.165) is 5.56 Å². The summed E-state index contributed by atoms with van der Waals surface area (Å²) in [7, 11) is 0. The van der Waals surface area contributed by atoms with E-state index in [0.29, 0.717) is 40.4 Å². The molecule has 0 aliphatic rings. The third kappa shape index (κ3) is 5.64. The van der Waals surface area contributed by atoms with E-state index in [9.17, 15) is 9.59 Å². The first-order chi connectivity index (χ1) is 14.3. The summed E-state index contributed by atoms with van der Waals surface area (Å²) in [6.45, 7) is 4.07. The number of hydrogen-bond acceptors (Lipinski definition) is 6. The summed E-state index contributed by atoms with van der Waals surface area (Å²) >= 11 is 7.30. The number of thioether (sulfide) groups is 1. The molecule has 8 nitrogen and oxygen atoms in total. The van der Waals surface area contributed by atoms with Crippen LogP contribution in [0.25, 0.3) is 0 Å². The van der Waals surface area contributed by atoms with Gasteiger partial charge in [0, 0.05) is 23.6 Å². The average molecular weight is 448 g/mol. The number of halogens is 1. The molecule has 2 amide bonds. The van der Waals surface area contributed by atoms with Crippen LogP contribution in [-0.4, -0.2) is 31.8 Å². The fraction of sp³-hybridized carbons (Fsp3) is 0.300. The molecule has 10 heteroatoms. The summed E-state index contributed by atoms with van der Waals surface area (Å²) in [6, 6.07) is 8.97. The van der Waals surface area contributed by atoms with Gasteiger partial charge in [-0.15, -0.1) is 10.2 Å². The first-order valence-electron chi connectivity index (χ1n) is 9.30. The van der Waals surface area contributed by atoms with E-state index in [4.69, 9.17) is 21.8 Å². The van der Waals surface area contributed by atoms with Gasteiger partial charge in [-0.3, -0.25) is 14.2 Å². The van der Waals surface area contributed by atoms with Crippen LogP contribution in [0.1, 0.15) is 30.5 Å². The summed E-state index contributed by atoms with van der Waals surface area (Å²) in [5, 5.41) is 12.0. The highest BCUT2D eigenvalue weighted by molar-refractivity contribution is 8.00. The summed E-state index contributed by atoms with van der Waals surface area (Å²) in [5.74, 6) is 0.715. The zero-order valence-corrected chi connectivity index (χ0v) is 18.2. The number of amides is 2. The number of rotatable bonds is 9. The molecule has 0 saturated carbocycles. The Hall–Kier alpha value is -2.78. The fourth-order valence-electron chi connectivity index (χ4n) is 2.72. The third-order valence-electron chi connectivity index (χ3n) is 4.39. The number of furan rings is 1. The van der Waals surface area contributed by atoms with Crippen LogP contribution in [0.2, 0.25) is 5.02 Å². The van der Waals surface area contributed by atoms with Gasteiger partial charge in [0.2, 0.25) is 11.8 Å². The zero-order valence-electron chi connectivity index (χ0n) is 16.6. The summed E-state index contributed by atoms with van der Waals surface area (Å²) in [4.78, 5) is 23.9. The van der Waals surface area contributed by atoms with E-state index >= 15 is 0 Å². The van der Waals surface area contributed by atoms with Crippen molar-refractivity contribution in [2.24, 2.45) is 5.73 Å². The van der Waals surface area contributed by atoms with Gasteiger partial charge in [-0.05, 0) is 43.7 Å². The monoisotopic (exact) mass is 447 g/mol. The van der Waals surface area contributed by atoms with Crippen LogP contribution in [0.4, 0.5) is 5.69 Å². The van der Waals surface area contributed by atoms with E-state index in [2.05, 4.69) is 15.5 Å². The lowest BCUT2D eigenvalue weighted by atomic mass is 10.2. The van der Waals surface area contributed by atoms with Gasteiger partial charge in [0.1, 0.15) is 11.6 Å². The van der Waals surface area contributed by atoms with Gasteiger partial charge in [-0.2, -0.15) is 0 Å². The van der Waals surface area contributed by atoms with Crippen molar-refractivity contribution < 1.29 is 14.0 Å². The van der Waals surface area contributed by atoms with Crippen LogP contribution in [0.3, 0.4) is 0 Å². The maximum Gasteiger partial charge on any atom is 0.237 e. The van der Waals surface area contributed by atoms with Crippen LogP contribution in [0.5, 0.6) is 0 Å². The molecule has 2 aromatic heterocycles. The number of hydrogen-bond donors (Lipinski definition) is 2. The molecule has 158 valence electrons. The molecule has 1 atom stereocenters. The molecule has 1 aromatic carbocycles. The van der Waals surface area contributed by atoms with E-state index in [1.807, 2.05) is 23.6 Å². The predicted octanol–water partition coefficient (Wildman–Crippen LogP) is 3.42. The van der Waals surface area contributed by atoms with Gasteiger partial charge < -0.3 is 15.5 Å². The lowest BCUT2D eigenvalue weighted by molar-refractivity contribution is -0.118. The highest BCUT2D eigenvalue weighted by atomic mass is 35.5. The van der Waals surface area contributed by atoms with Crippen molar-refractivity contribution >= 4 is 40.9 Å². The Bertz CT molecular complexity index is 1040. The zero-order chi connectivity index (χ0) is 21.7. The Morgan fingerprint density at radius 3 is 2.83 bits per heavy atom. The first-order valence-corrected chi connectivity index (χ1v) is 10.6. The van der Waals surface area contributed by atoms with Crippen molar-refractivity contribution in [3.63, 3.8) is 0 Å². The molecule has 0 bridgehead atoms. The second kappa shape index (κ2) is 9.82. The molecule has 30 heavy (non-hydrogen) atoms. The molecule has 0 fully saturated rings. The summed E-state index contributed by atoms with van der Waals surface area (Å²) in [5.41, 5.74) is 6.85. The maximum atomic E-state index is 12.7. The van der Waals surface area contributed by atoms with Gasteiger partial charge in [-0.25, -0.2) is 0 Å². The molecule has 0 radical (unpaired) electrons. The maximum absolute atomic E-state index is 12.7. The second-order valence-corrected chi connectivity index (χ2v) is 8.48. The van der Waals surface area contributed by atoms with Crippen molar-refractivity contribution in [3.05, 3.63) is 58.8 Å². The van der Waals surface area contributed by atoms with E-state index in [-0.39, 0.29) is 12.3 Å². The second-order valence-electron chi connectivity index (χ2n) is 6.74. The smallest absolute Gasteiger partial charge is 0.237 e. The minimum absolute atomic E-state index is 0.158. The van der Waals surface area contributed by atoms with Crippen LogP contribution in [-0.2, 0) is 22.6 Å². The number of benzene rings is 1. The van der Waals surface area contributed by atoms with E-state index in [1.54, 1.807) is 31.4 Å². The molecule has 0 aliphatic carbocycles. The minimum Gasteiger partial charge on any atom is -0.467 e. The van der Waals surface area contributed by atoms with Crippen LogP contribution in [0.15, 0.2) is 46.2 Å². The first kappa shape index (κ1) is 21.9. The highest BCUT2D eigenvalue weighted by Crippen LogP contribution is 2.26. The number of aromatic nitrogens is 3. The summed E-state index contributed by atoms with van der Waals surface area (Å²) < 4.78 is 7.26. The number of primary amides is 1. The lowest BCUT2D eigenvalue weighted by Crippen LogP contribution is -2.23. The number of carbonyl (C=O) groups is 2. The number of aryl methyl sites for hydroxylation is 2. The van der Waals surface area contributed by atoms with Crippen molar-refractivity contribution in [1.29, 1.82) is 0 Å². The Balaban J connectivity index is 1.76. The fourth-order valence-corrected chi connectivity index (χ4v) is 3.76. The average Bonchev–Trinajstić information content (AvgIpc) is 3.34. The topological polar surface area (TPSA) is 116 Å². The molecule has 3 rings (SSSR count). The molecule has 2 heterocycles. The lowest BCUT2D eigenvalue weighted by Gasteiger charge is -2.14. The van der Waals surface area contributed by atoms with E-state index in [1.165, 1.54) is 11.8 Å². The molecule has 0 unspecified atom stereocenters. The SMILES string of the molecule is Cc1ccc(Cl)cc1NC(=O)[C@@H](C)Sc1nnc(CCC(N)=O)n1Cc1ccco1. The number of carbonyl (C=O) groups excluding carboxylic acids is 2. The normalized spacial score (nSPS) is 12.0. The number of nitrogens with two attached hydrogens (primary N) is 1. The van der Waals surface area contributed by atoms with Crippen LogP contribution in [0, 0.1) is 6.92 Å². The standard InChI is InChI=1S/C20H22ClN5O3S/c1-12-5-6-14(21)10-16(12)23-19(28)13(2)30-20-25-24-18(8-7-17(22)27)26(20)11-15-4-3-9-29-15/h3-6,9-10,13H,7-8,11H2,1-2H3,(H2,22,27)(H,23,28)/t13-/m1/s1. The van der Waals surface area contributed by atoms with Gasteiger partial charge in [0.15, 0.2) is 5.16 Å². The Morgan fingerprint density at radius 2 is 2.13 bits per heavy atom. The molecular formula is C20H22ClN5O3S. The van der Waals surface area contributed by atoms with Crippen molar-refractivity contribution in [2.45, 2.75) is 43.6 Å². The van der Waals surface area contributed by atoms with Gasteiger partial charge >= 0.3 is 0 Å². The molecule has 3 N–H and O–H groups in total. The summed E-state index contributed by atoms with van der Waals surface area (Å²) in [6.07, 6.45) is 2.09.